The molecule has 0 spiro atoms. The van der Waals surface area contributed by atoms with E-state index in [1.54, 1.807) is 0 Å². The molecule has 5 nitrogen and oxygen atoms in total. The van der Waals surface area contributed by atoms with Crippen molar-refractivity contribution in [2.24, 2.45) is 0 Å². The molecule has 2 heterocycles. The van der Waals surface area contributed by atoms with Gasteiger partial charge in [0.15, 0.2) is 5.16 Å². The number of fused-ring (bicyclic) bond motifs is 1. The molecule has 0 saturated heterocycles. The number of aromatic amines is 1. The Morgan fingerprint density at radius 3 is 2.59 bits per heavy atom. The van der Waals surface area contributed by atoms with Crippen molar-refractivity contribution in [3.05, 3.63) is 87.2 Å². The molecule has 0 bridgehead atoms. The summed E-state index contributed by atoms with van der Waals surface area (Å²) in [6.07, 6.45) is 0.249. The van der Waals surface area contributed by atoms with Crippen molar-refractivity contribution < 1.29 is 4.79 Å². The molecule has 0 radical (unpaired) electrons. The van der Waals surface area contributed by atoms with Crippen LogP contribution in [0.5, 0.6) is 0 Å². The van der Waals surface area contributed by atoms with E-state index in [4.69, 9.17) is 0 Å². The van der Waals surface area contributed by atoms with Crippen LogP contribution in [0.2, 0.25) is 0 Å². The second kappa shape index (κ2) is 7.40. The zero-order chi connectivity index (χ0) is 18.8. The van der Waals surface area contributed by atoms with Crippen molar-refractivity contribution >= 4 is 23.5 Å². The Morgan fingerprint density at radius 2 is 1.81 bits per heavy atom. The van der Waals surface area contributed by atoms with Crippen LogP contribution in [0.3, 0.4) is 0 Å². The van der Waals surface area contributed by atoms with Gasteiger partial charge in [-0.2, -0.15) is 0 Å². The number of benzene rings is 2. The van der Waals surface area contributed by atoms with Gasteiger partial charge in [-0.25, -0.2) is 4.98 Å². The molecular formula is C21H19N3O2S. The summed E-state index contributed by atoms with van der Waals surface area (Å²) in [6, 6.07) is 17.8. The molecule has 2 N–H and O–H groups in total. The van der Waals surface area contributed by atoms with Gasteiger partial charge in [0.25, 0.3) is 5.56 Å². The fraction of sp³-hybridized carbons (Fsp3) is 0.190. The molecule has 27 heavy (non-hydrogen) atoms. The number of nitrogens with zero attached hydrogens (tertiary/aromatic N) is 1. The molecule has 1 aliphatic heterocycles. The van der Waals surface area contributed by atoms with Gasteiger partial charge in [-0.3, -0.25) is 9.59 Å². The van der Waals surface area contributed by atoms with E-state index < -0.39 is 0 Å². The molecular weight excluding hydrogens is 358 g/mol. The zero-order valence-electron chi connectivity index (χ0n) is 14.9. The maximum Gasteiger partial charge on any atom is 0.257 e. The third-order valence-electron chi connectivity index (χ3n) is 4.71. The average molecular weight is 377 g/mol. The Kier molecular flexibility index (Phi) is 4.81. The third-order valence-corrected chi connectivity index (χ3v) is 5.66. The maximum atomic E-state index is 12.8. The number of nitrogens with one attached hydrogen (secondary N) is 2. The Morgan fingerprint density at radius 1 is 1.07 bits per heavy atom. The number of aryl methyl sites for hydroxylation is 1. The Balaban J connectivity index is 1.69. The molecule has 3 aromatic rings. The summed E-state index contributed by atoms with van der Waals surface area (Å²) in [7, 11) is 0. The lowest BCUT2D eigenvalue weighted by Crippen LogP contribution is -2.31. The monoisotopic (exact) mass is 377 g/mol. The van der Waals surface area contributed by atoms with Gasteiger partial charge in [-0.1, -0.05) is 66.4 Å². The SMILES string of the molecule is Cc1ccccc1C1CC(=O)Nc2nc(SCc3ccccc3)[nH]c(=O)c21. The normalized spacial score (nSPS) is 15.9. The number of hydrogen-bond donors (Lipinski definition) is 2. The molecule has 0 fully saturated rings. The van der Waals surface area contributed by atoms with Crippen molar-refractivity contribution in [2.75, 3.05) is 5.32 Å². The van der Waals surface area contributed by atoms with Crippen LogP contribution in [-0.2, 0) is 10.5 Å². The van der Waals surface area contributed by atoms with Crippen LogP contribution in [-0.4, -0.2) is 15.9 Å². The van der Waals surface area contributed by atoms with E-state index >= 15 is 0 Å². The lowest BCUT2D eigenvalue weighted by molar-refractivity contribution is -0.116. The fourth-order valence-corrected chi connectivity index (χ4v) is 4.20. The quantitative estimate of drug-likeness (QED) is 0.535. The summed E-state index contributed by atoms with van der Waals surface area (Å²) in [5.41, 5.74) is 3.54. The van der Waals surface area contributed by atoms with Crippen molar-refractivity contribution in [3.63, 3.8) is 0 Å². The number of rotatable bonds is 4. The largest absolute Gasteiger partial charge is 0.310 e. The van der Waals surface area contributed by atoms with Crippen LogP contribution in [0.15, 0.2) is 64.5 Å². The summed E-state index contributed by atoms with van der Waals surface area (Å²) in [4.78, 5) is 32.5. The fourth-order valence-electron chi connectivity index (χ4n) is 3.39. The molecule has 1 aliphatic rings. The van der Waals surface area contributed by atoms with E-state index in [0.717, 1.165) is 16.7 Å². The topological polar surface area (TPSA) is 74.8 Å². The van der Waals surface area contributed by atoms with Gasteiger partial charge in [0.05, 0.1) is 5.56 Å². The molecule has 4 rings (SSSR count). The molecule has 1 amide bonds. The maximum absolute atomic E-state index is 12.8. The first-order valence-corrected chi connectivity index (χ1v) is 9.76. The lowest BCUT2D eigenvalue weighted by atomic mass is 9.84. The van der Waals surface area contributed by atoms with E-state index in [9.17, 15) is 9.59 Å². The number of amides is 1. The molecule has 1 aromatic heterocycles. The van der Waals surface area contributed by atoms with E-state index in [-0.39, 0.29) is 23.8 Å². The number of anilines is 1. The van der Waals surface area contributed by atoms with Crippen molar-refractivity contribution in [1.29, 1.82) is 0 Å². The molecule has 136 valence electrons. The van der Waals surface area contributed by atoms with Gasteiger partial charge in [0.2, 0.25) is 5.91 Å². The molecule has 0 saturated carbocycles. The van der Waals surface area contributed by atoms with Gasteiger partial charge in [0.1, 0.15) is 5.82 Å². The summed E-state index contributed by atoms with van der Waals surface area (Å²) in [5, 5.41) is 3.28. The summed E-state index contributed by atoms with van der Waals surface area (Å²) in [5.74, 6) is 0.670. The minimum Gasteiger partial charge on any atom is -0.310 e. The van der Waals surface area contributed by atoms with Gasteiger partial charge < -0.3 is 10.3 Å². The van der Waals surface area contributed by atoms with Crippen LogP contribution in [0.1, 0.15) is 34.6 Å². The van der Waals surface area contributed by atoms with Gasteiger partial charge in [0, 0.05) is 18.1 Å². The van der Waals surface area contributed by atoms with Gasteiger partial charge in [-0.05, 0) is 23.6 Å². The first-order chi connectivity index (χ1) is 13.1. The minimum atomic E-state index is -0.278. The lowest BCUT2D eigenvalue weighted by Gasteiger charge is -2.25. The van der Waals surface area contributed by atoms with Crippen molar-refractivity contribution in [1.82, 2.24) is 9.97 Å². The van der Waals surface area contributed by atoms with E-state index in [1.165, 1.54) is 11.8 Å². The van der Waals surface area contributed by atoms with E-state index in [1.807, 2.05) is 61.5 Å². The Labute approximate surface area is 161 Å². The molecule has 1 unspecified atom stereocenters. The Bertz CT molecular complexity index is 1050. The smallest absolute Gasteiger partial charge is 0.257 e. The second-order valence-electron chi connectivity index (χ2n) is 6.57. The van der Waals surface area contributed by atoms with E-state index in [0.29, 0.717) is 22.3 Å². The van der Waals surface area contributed by atoms with E-state index in [2.05, 4.69) is 15.3 Å². The highest BCUT2D eigenvalue weighted by molar-refractivity contribution is 7.98. The Hall–Kier alpha value is -2.86. The first-order valence-electron chi connectivity index (χ1n) is 8.78. The highest BCUT2D eigenvalue weighted by Gasteiger charge is 2.31. The average Bonchev–Trinajstić information content (AvgIpc) is 2.66. The summed E-state index contributed by atoms with van der Waals surface area (Å²) >= 11 is 1.44. The number of hydrogen-bond acceptors (Lipinski definition) is 4. The second-order valence-corrected chi connectivity index (χ2v) is 7.53. The first kappa shape index (κ1) is 17.5. The van der Waals surface area contributed by atoms with Crippen LogP contribution in [0.4, 0.5) is 5.82 Å². The minimum absolute atomic E-state index is 0.118. The molecule has 6 heteroatoms. The van der Waals surface area contributed by atoms with Crippen LogP contribution < -0.4 is 10.9 Å². The number of carbonyl (C=O) groups is 1. The van der Waals surface area contributed by atoms with Gasteiger partial charge in [-0.15, -0.1) is 0 Å². The van der Waals surface area contributed by atoms with Crippen LogP contribution in [0.25, 0.3) is 0 Å². The third kappa shape index (κ3) is 3.66. The summed E-state index contributed by atoms with van der Waals surface area (Å²) in [6.45, 7) is 1.99. The molecule has 1 atom stereocenters. The highest BCUT2D eigenvalue weighted by Crippen LogP contribution is 2.35. The van der Waals surface area contributed by atoms with Crippen LogP contribution >= 0.6 is 11.8 Å². The molecule has 2 aromatic carbocycles. The highest BCUT2D eigenvalue weighted by atomic mass is 32.2. The number of thioether (sulfide) groups is 1. The number of carbonyl (C=O) groups excluding carboxylic acids is 1. The predicted octanol–water partition coefficient (Wildman–Crippen LogP) is 3.84. The predicted molar refractivity (Wildman–Crippen MR) is 107 cm³/mol. The van der Waals surface area contributed by atoms with Gasteiger partial charge >= 0.3 is 0 Å². The molecule has 0 aliphatic carbocycles. The number of H-pyrrole nitrogens is 1. The summed E-state index contributed by atoms with van der Waals surface area (Å²) < 4.78 is 0. The number of aromatic nitrogens is 2. The standard InChI is InChI=1S/C21H19N3O2S/c1-13-7-5-6-10-15(13)16-11-17(25)22-19-18(16)20(26)24-21(23-19)27-12-14-8-3-2-4-9-14/h2-10,16H,11-12H2,1H3,(H2,22,23,24,25,26). The van der Waals surface area contributed by atoms with Crippen molar-refractivity contribution in [3.8, 4) is 0 Å². The van der Waals surface area contributed by atoms with Crippen molar-refractivity contribution in [2.45, 2.75) is 30.2 Å². The van der Waals surface area contributed by atoms with Crippen LogP contribution in [0, 0.1) is 6.92 Å². The zero-order valence-corrected chi connectivity index (χ0v) is 15.7.